The largest absolute Gasteiger partial charge is 0.445 e. The highest BCUT2D eigenvalue weighted by atomic mass is 16.6. The van der Waals surface area contributed by atoms with Crippen molar-refractivity contribution in [2.45, 2.75) is 31.3 Å². The second-order valence-electron chi connectivity index (χ2n) is 7.00. The average molecular weight is 353 g/mol. The van der Waals surface area contributed by atoms with Crippen LogP contribution in [0.4, 0.5) is 4.79 Å². The summed E-state index contributed by atoms with van der Waals surface area (Å²) in [4.78, 5) is 14.3. The van der Waals surface area contributed by atoms with Crippen LogP contribution in [0.5, 0.6) is 0 Å². The summed E-state index contributed by atoms with van der Waals surface area (Å²) in [7, 11) is 0. The van der Waals surface area contributed by atoms with Crippen LogP contribution in [0, 0.1) is 5.92 Å². The molecule has 0 spiro atoms. The first-order valence-corrected chi connectivity index (χ1v) is 9.03. The molecule has 2 fully saturated rings. The lowest BCUT2D eigenvalue weighted by Crippen LogP contribution is -2.44. The second-order valence-corrected chi connectivity index (χ2v) is 7.00. The van der Waals surface area contributed by atoms with E-state index in [-0.39, 0.29) is 37.4 Å². The summed E-state index contributed by atoms with van der Waals surface area (Å²) in [5.41, 5.74) is 2.15. The molecule has 5 heteroatoms. The summed E-state index contributed by atoms with van der Waals surface area (Å²) in [5, 5.41) is 10.3. The third kappa shape index (κ3) is 3.45. The van der Waals surface area contributed by atoms with E-state index in [2.05, 4.69) is 12.1 Å². The quantitative estimate of drug-likeness (QED) is 0.918. The lowest BCUT2D eigenvalue weighted by molar-refractivity contribution is 0.0549. The maximum absolute atomic E-state index is 12.6. The van der Waals surface area contributed by atoms with Gasteiger partial charge >= 0.3 is 6.09 Å². The predicted molar refractivity (Wildman–Crippen MR) is 96.5 cm³/mol. The molecule has 1 amide bonds. The van der Waals surface area contributed by atoms with Crippen LogP contribution in [-0.2, 0) is 22.5 Å². The molecule has 0 aliphatic carbocycles. The fourth-order valence-corrected chi connectivity index (χ4v) is 4.00. The molecule has 5 nitrogen and oxygen atoms in total. The van der Waals surface area contributed by atoms with Gasteiger partial charge in [-0.05, 0) is 17.5 Å². The molecule has 0 aromatic heterocycles. The highest BCUT2D eigenvalue weighted by Gasteiger charge is 2.52. The van der Waals surface area contributed by atoms with Gasteiger partial charge in [-0.2, -0.15) is 0 Å². The molecule has 2 aromatic rings. The van der Waals surface area contributed by atoms with Crippen LogP contribution < -0.4 is 0 Å². The van der Waals surface area contributed by atoms with E-state index in [4.69, 9.17) is 9.47 Å². The van der Waals surface area contributed by atoms with Crippen molar-refractivity contribution in [3.05, 3.63) is 71.8 Å². The van der Waals surface area contributed by atoms with E-state index in [1.54, 1.807) is 4.90 Å². The molecule has 2 heterocycles. The van der Waals surface area contributed by atoms with Gasteiger partial charge in [-0.3, -0.25) is 4.90 Å². The maximum atomic E-state index is 12.6. The first kappa shape index (κ1) is 17.1. The number of likely N-dealkylation sites (tertiary alicyclic amines) is 1. The zero-order valence-corrected chi connectivity index (χ0v) is 14.5. The Balaban J connectivity index is 1.44. The number of benzene rings is 2. The van der Waals surface area contributed by atoms with Crippen molar-refractivity contribution in [1.82, 2.24) is 4.90 Å². The Hall–Kier alpha value is -2.37. The predicted octanol–water partition coefficient (Wildman–Crippen LogP) is 2.63. The number of ether oxygens (including phenoxy) is 2. The van der Waals surface area contributed by atoms with Crippen LogP contribution in [-0.4, -0.2) is 47.5 Å². The normalized spacial score (nSPS) is 27.3. The Morgan fingerprint density at radius 3 is 2.42 bits per heavy atom. The van der Waals surface area contributed by atoms with E-state index in [9.17, 15) is 9.90 Å². The minimum atomic E-state index is -0.662. The summed E-state index contributed by atoms with van der Waals surface area (Å²) in [6.07, 6.45) is -0.375. The van der Waals surface area contributed by atoms with Gasteiger partial charge in [0.25, 0.3) is 0 Å². The van der Waals surface area contributed by atoms with Gasteiger partial charge in [0.2, 0.25) is 0 Å². The van der Waals surface area contributed by atoms with Gasteiger partial charge in [0.05, 0.1) is 18.8 Å². The molecule has 2 aromatic carbocycles. The molecule has 2 aliphatic heterocycles. The zero-order valence-electron chi connectivity index (χ0n) is 14.5. The molecule has 0 unspecified atom stereocenters. The molecule has 136 valence electrons. The van der Waals surface area contributed by atoms with Gasteiger partial charge < -0.3 is 14.6 Å². The second kappa shape index (κ2) is 7.48. The Morgan fingerprint density at radius 1 is 1.08 bits per heavy atom. The lowest BCUT2D eigenvalue weighted by atomic mass is 9.94. The van der Waals surface area contributed by atoms with Crippen LogP contribution in [0.15, 0.2) is 60.7 Å². The van der Waals surface area contributed by atoms with E-state index >= 15 is 0 Å². The molecule has 1 N–H and O–H groups in total. The van der Waals surface area contributed by atoms with Gasteiger partial charge in [-0.1, -0.05) is 60.7 Å². The number of fused-ring (bicyclic) bond motifs is 1. The highest BCUT2D eigenvalue weighted by Crippen LogP contribution is 2.36. The summed E-state index contributed by atoms with van der Waals surface area (Å²) in [6.45, 7) is 1.03. The van der Waals surface area contributed by atoms with Crippen LogP contribution in [0.2, 0.25) is 0 Å². The van der Waals surface area contributed by atoms with Gasteiger partial charge in [-0.15, -0.1) is 0 Å². The molecular weight excluding hydrogens is 330 g/mol. The smallest absolute Gasteiger partial charge is 0.410 e. The number of nitrogens with zero attached hydrogens (tertiary/aromatic N) is 1. The fraction of sp³-hybridized carbons (Fsp3) is 0.381. The lowest BCUT2D eigenvalue weighted by Gasteiger charge is -2.24. The summed E-state index contributed by atoms with van der Waals surface area (Å²) in [5.74, 6) is 0.156. The van der Waals surface area contributed by atoms with Crippen molar-refractivity contribution < 1.29 is 19.4 Å². The zero-order chi connectivity index (χ0) is 17.9. The Morgan fingerprint density at radius 2 is 1.73 bits per heavy atom. The fourth-order valence-electron chi connectivity index (χ4n) is 4.00. The van der Waals surface area contributed by atoms with Gasteiger partial charge in [0.1, 0.15) is 12.7 Å². The first-order chi connectivity index (χ1) is 12.7. The first-order valence-electron chi connectivity index (χ1n) is 9.03. The van der Waals surface area contributed by atoms with Gasteiger partial charge in [0, 0.05) is 12.5 Å². The molecule has 0 saturated carbocycles. The Kier molecular flexibility index (Phi) is 4.91. The number of hydrogen-bond donors (Lipinski definition) is 1. The van der Waals surface area contributed by atoms with Crippen molar-refractivity contribution in [3.8, 4) is 0 Å². The monoisotopic (exact) mass is 353 g/mol. The number of hydrogen-bond acceptors (Lipinski definition) is 4. The molecule has 0 radical (unpaired) electrons. The van der Waals surface area contributed by atoms with Crippen LogP contribution in [0.25, 0.3) is 0 Å². The number of carbonyl (C=O) groups excluding carboxylic acids is 1. The number of amides is 1. The minimum absolute atomic E-state index is 0.144. The van der Waals surface area contributed by atoms with Crippen molar-refractivity contribution in [2.75, 3.05) is 13.2 Å². The third-order valence-corrected chi connectivity index (χ3v) is 5.23. The van der Waals surface area contributed by atoms with Crippen molar-refractivity contribution >= 4 is 6.09 Å². The Labute approximate surface area is 153 Å². The minimum Gasteiger partial charge on any atom is -0.445 e. The van der Waals surface area contributed by atoms with Crippen LogP contribution >= 0.6 is 0 Å². The van der Waals surface area contributed by atoms with E-state index in [1.807, 2.05) is 48.5 Å². The topological polar surface area (TPSA) is 59.0 Å². The highest BCUT2D eigenvalue weighted by molar-refractivity contribution is 5.69. The average Bonchev–Trinajstić information content (AvgIpc) is 3.23. The maximum Gasteiger partial charge on any atom is 0.410 e. The van der Waals surface area contributed by atoms with Crippen LogP contribution in [0.3, 0.4) is 0 Å². The number of aliphatic hydroxyl groups is 1. The standard InChI is InChI=1S/C21H23NO4/c23-18-14-25-20-17(11-15-7-3-1-4-8-15)12-22(19(18)20)21(24)26-13-16-9-5-2-6-10-16/h1-10,17-20,23H,11-14H2/t17-,18-,19+,20+/m0/s1. The summed E-state index contributed by atoms with van der Waals surface area (Å²) in [6, 6.07) is 19.5. The van der Waals surface area contributed by atoms with Crippen molar-refractivity contribution in [2.24, 2.45) is 5.92 Å². The van der Waals surface area contributed by atoms with Crippen molar-refractivity contribution in [1.29, 1.82) is 0 Å². The van der Waals surface area contributed by atoms with Crippen LogP contribution in [0.1, 0.15) is 11.1 Å². The molecule has 4 atom stereocenters. The van der Waals surface area contributed by atoms with E-state index < -0.39 is 6.10 Å². The number of aliphatic hydroxyl groups excluding tert-OH is 1. The SMILES string of the molecule is O=C(OCc1ccccc1)N1C[C@H](Cc2ccccc2)[C@H]2OC[C@H](O)[C@H]21. The van der Waals surface area contributed by atoms with E-state index in [1.165, 1.54) is 5.56 Å². The van der Waals surface area contributed by atoms with Gasteiger partial charge in [0.15, 0.2) is 0 Å². The molecular formula is C21H23NO4. The van der Waals surface area contributed by atoms with Crippen molar-refractivity contribution in [3.63, 3.8) is 0 Å². The molecule has 2 aliphatic rings. The molecule has 26 heavy (non-hydrogen) atoms. The number of rotatable bonds is 4. The third-order valence-electron chi connectivity index (χ3n) is 5.23. The van der Waals surface area contributed by atoms with E-state index in [0.29, 0.717) is 6.54 Å². The van der Waals surface area contributed by atoms with Gasteiger partial charge in [-0.25, -0.2) is 4.79 Å². The molecule has 4 rings (SSSR count). The number of carbonyl (C=O) groups is 1. The summed E-state index contributed by atoms with van der Waals surface area (Å²) >= 11 is 0. The summed E-state index contributed by atoms with van der Waals surface area (Å²) < 4.78 is 11.3. The molecule has 2 saturated heterocycles. The molecule has 0 bridgehead atoms. The Bertz CT molecular complexity index is 736. The van der Waals surface area contributed by atoms with E-state index in [0.717, 1.165) is 12.0 Å².